The quantitative estimate of drug-likeness (QED) is 0.665. The number of pyridine rings is 1. The van der Waals surface area contributed by atoms with Crippen molar-refractivity contribution in [2.75, 3.05) is 12.8 Å². The van der Waals surface area contributed by atoms with Crippen LogP contribution in [0.4, 0.5) is 10.1 Å². The van der Waals surface area contributed by atoms with Crippen LogP contribution in [0.25, 0.3) is 11.3 Å². The first kappa shape index (κ1) is 13.0. The second kappa shape index (κ2) is 5.06. The summed E-state index contributed by atoms with van der Waals surface area (Å²) in [7, 11) is 1.30. The van der Waals surface area contributed by atoms with E-state index in [2.05, 4.69) is 9.72 Å². The van der Waals surface area contributed by atoms with Gasteiger partial charge in [-0.3, -0.25) is 4.98 Å². The Kier molecular flexibility index (Phi) is 3.46. The van der Waals surface area contributed by atoms with Gasteiger partial charge in [0, 0.05) is 11.3 Å². The number of esters is 1. The monoisotopic (exact) mass is 260 g/mol. The number of aromatic nitrogens is 1. The van der Waals surface area contributed by atoms with Crippen molar-refractivity contribution < 1.29 is 13.9 Å². The van der Waals surface area contributed by atoms with Crippen molar-refractivity contribution in [3.05, 3.63) is 47.4 Å². The molecule has 1 aromatic heterocycles. The third kappa shape index (κ3) is 2.54. The largest absolute Gasteiger partial charge is 0.465 e. The molecule has 4 nitrogen and oxygen atoms in total. The lowest BCUT2D eigenvalue weighted by Gasteiger charge is -2.10. The molecule has 0 amide bonds. The average Bonchev–Trinajstić information content (AvgIpc) is 2.41. The zero-order valence-electron chi connectivity index (χ0n) is 10.6. The molecule has 5 heteroatoms. The third-order valence-corrected chi connectivity index (χ3v) is 2.81. The van der Waals surface area contributed by atoms with E-state index in [0.29, 0.717) is 16.9 Å². The molecule has 2 N–H and O–H groups in total. The molecule has 0 atom stereocenters. The van der Waals surface area contributed by atoms with Crippen LogP contribution in [0.2, 0.25) is 0 Å². The second-order valence-electron chi connectivity index (χ2n) is 4.11. The van der Waals surface area contributed by atoms with Crippen LogP contribution in [0.15, 0.2) is 30.5 Å². The number of carbonyl (C=O) groups is 1. The standard InChI is InChI=1S/C14H13FN2O2/c1-8-5-11(14(18)19-2)12(16)6-10(8)13-4-3-9(15)7-17-13/h3-7H,16H2,1-2H3. The lowest BCUT2D eigenvalue weighted by atomic mass is 10.0. The Hall–Kier alpha value is -2.43. The Morgan fingerprint density at radius 2 is 2.11 bits per heavy atom. The molecule has 0 spiro atoms. The van der Waals surface area contributed by atoms with Gasteiger partial charge in [-0.15, -0.1) is 0 Å². The maximum Gasteiger partial charge on any atom is 0.339 e. The molecule has 0 unspecified atom stereocenters. The molecular weight excluding hydrogens is 247 g/mol. The fourth-order valence-electron chi connectivity index (χ4n) is 1.82. The van der Waals surface area contributed by atoms with E-state index in [-0.39, 0.29) is 0 Å². The van der Waals surface area contributed by atoms with E-state index >= 15 is 0 Å². The van der Waals surface area contributed by atoms with Crippen molar-refractivity contribution in [3.8, 4) is 11.3 Å². The van der Waals surface area contributed by atoms with E-state index < -0.39 is 11.8 Å². The Labute approximate surface area is 110 Å². The molecule has 0 aliphatic carbocycles. The summed E-state index contributed by atoms with van der Waals surface area (Å²) in [5.74, 6) is -0.889. The summed E-state index contributed by atoms with van der Waals surface area (Å²) < 4.78 is 17.5. The summed E-state index contributed by atoms with van der Waals surface area (Å²) in [4.78, 5) is 15.5. The van der Waals surface area contributed by atoms with Gasteiger partial charge in [-0.1, -0.05) is 0 Å². The molecule has 0 saturated heterocycles. The predicted octanol–water partition coefficient (Wildman–Crippen LogP) is 2.56. The van der Waals surface area contributed by atoms with Gasteiger partial charge in [0.05, 0.1) is 24.6 Å². The number of aryl methyl sites for hydroxylation is 1. The number of benzene rings is 1. The topological polar surface area (TPSA) is 65.2 Å². The highest BCUT2D eigenvalue weighted by atomic mass is 19.1. The summed E-state index contributed by atoms with van der Waals surface area (Å²) in [6, 6.07) is 6.17. The number of ether oxygens (including phenoxy) is 1. The number of hydrogen-bond acceptors (Lipinski definition) is 4. The molecule has 0 aliphatic rings. The molecule has 1 heterocycles. The first-order chi connectivity index (χ1) is 9.02. The van der Waals surface area contributed by atoms with Gasteiger partial charge in [0.2, 0.25) is 0 Å². The van der Waals surface area contributed by atoms with Crippen LogP contribution in [0.1, 0.15) is 15.9 Å². The van der Waals surface area contributed by atoms with E-state index in [9.17, 15) is 9.18 Å². The summed E-state index contributed by atoms with van der Waals surface area (Å²) in [5.41, 5.74) is 8.61. The highest BCUT2D eigenvalue weighted by molar-refractivity contribution is 5.96. The lowest BCUT2D eigenvalue weighted by Crippen LogP contribution is -2.06. The van der Waals surface area contributed by atoms with Crippen LogP contribution in [0, 0.1) is 12.7 Å². The van der Waals surface area contributed by atoms with Gasteiger partial charge >= 0.3 is 5.97 Å². The number of nitrogens with two attached hydrogens (primary N) is 1. The Morgan fingerprint density at radius 1 is 1.37 bits per heavy atom. The smallest absolute Gasteiger partial charge is 0.339 e. The molecule has 0 bridgehead atoms. The van der Waals surface area contributed by atoms with Gasteiger partial charge in [-0.2, -0.15) is 0 Å². The van der Waals surface area contributed by atoms with E-state index in [1.54, 1.807) is 18.2 Å². The van der Waals surface area contributed by atoms with Crippen LogP contribution in [0.3, 0.4) is 0 Å². The van der Waals surface area contributed by atoms with Crippen molar-refractivity contribution in [2.24, 2.45) is 0 Å². The summed E-state index contributed by atoms with van der Waals surface area (Å²) in [6.45, 7) is 1.83. The van der Waals surface area contributed by atoms with Crippen molar-refractivity contribution in [1.29, 1.82) is 0 Å². The highest BCUT2D eigenvalue weighted by Crippen LogP contribution is 2.27. The average molecular weight is 260 g/mol. The third-order valence-electron chi connectivity index (χ3n) is 2.81. The van der Waals surface area contributed by atoms with Crippen LogP contribution < -0.4 is 5.73 Å². The van der Waals surface area contributed by atoms with Gasteiger partial charge < -0.3 is 10.5 Å². The minimum atomic E-state index is -0.487. The van der Waals surface area contributed by atoms with Crippen LogP contribution in [-0.4, -0.2) is 18.1 Å². The molecule has 1 aromatic carbocycles. The van der Waals surface area contributed by atoms with Gasteiger partial charge in [0.15, 0.2) is 0 Å². The SMILES string of the molecule is COC(=O)c1cc(C)c(-c2ccc(F)cn2)cc1N. The molecule has 19 heavy (non-hydrogen) atoms. The van der Waals surface area contributed by atoms with E-state index in [1.165, 1.54) is 13.2 Å². The molecule has 0 aliphatic heterocycles. The lowest BCUT2D eigenvalue weighted by molar-refractivity contribution is 0.0602. The second-order valence-corrected chi connectivity index (χ2v) is 4.11. The zero-order valence-corrected chi connectivity index (χ0v) is 10.6. The summed E-state index contributed by atoms with van der Waals surface area (Å²) in [5, 5.41) is 0. The maximum absolute atomic E-state index is 12.8. The normalized spacial score (nSPS) is 10.3. The summed E-state index contributed by atoms with van der Waals surface area (Å²) >= 11 is 0. The van der Waals surface area contributed by atoms with Crippen LogP contribution in [0.5, 0.6) is 0 Å². The number of methoxy groups -OCH3 is 1. The Bertz CT molecular complexity index is 624. The van der Waals surface area contributed by atoms with E-state index in [4.69, 9.17) is 5.73 Å². The highest BCUT2D eigenvalue weighted by Gasteiger charge is 2.14. The summed E-state index contributed by atoms with van der Waals surface area (Å²) in [6.07, 6.45) is 1.14. The molecule has 98 valence electrons. The minimum absolute atomic E-state index is 0.304. The van der Waals surface area contributed by atoms with Crippen molar-refractivity contribution in [1.82, 2.24) is 4.98 Å². The van der Waals surface area contributed by atoms with Crippen LogP contribution >= 0.6 is 0 Å². The Balaban J connectivity index is 2.52. The molecule has 2 rings (SSSR count). The number of rotatable bonds is 2. The van der Waals surface area contributed by atoms with E-state index in [0.717, 1.165) is 17.3 Å². The minimum Gasteiger partial charge on any atom is -0.465 e. The predicted molar refractivity (Wildman–Crippen MR) is 70.1 cm³/mol. The molecule has 2 aromatic rings. The number of carbonyl (C=O) groups excluding carboxylic acids is 1. The number of nitrogens with zero attached hydrogens (tertiary/aromatic N) is 1. The number of nitrogen functional groups attached to an aromatic ring is 1. The van der Waals surface area contributed by atoms with Crippen molar-refractivity contribution >= 4 is 11.7 Å². The fraction of sp³-hybridized carbons (Fsp3) is 0.143. The molecular formula is C14H13FN2O2. The van der Waals surface area contributed by atoms with Crippen molar-refractivity contribution in [3.63, 3.8) is 0 Å². The van der Waals surface area contributed by atoms with Crippen molar-refractivity contribution in [2.45, 2.75) is 6.92 Å². The van der Waals surface area contributed by atoms with Gasteiger partial charge in [0.1, 0.15) is 5.82 Å². The number of hydrogen-bond donors (Lipinski definition) is 1. The number of anilines is 1. The molecule has 0 saturated carbocycles. The zero-order chi connectivity index (χ0) is 14.0. The van der Waals surface area contributed by atoms with Gasteiger partial charge in [-0.05, 0) is 36.8 Å². The van der Waals surface area contributed by atoms with Gasteiger partial charge in [0.25, 0.3) is 0 Å². The van der Waals surface area contributed by atoms with Gasteiger partial charge in [-0.25, -0.2) is 9.18 Å². The first-order valence-corrected chi connectivity index (χ1v) is 5.63. The molecule has 0 radical (unpaired) electrons. The maximum atomic E-state index is 12.8. The molecule has 0 fully saturated rings. The fourth-order valence-corrected chi connectivity index (χ4v) is 1.82. The number of halogens is 1. The first-order valence-electron chi connectivity index (χ1n) is 5.63. The Morgan fingerprint density at radius 3 is 2.68 bits per heavy atom. The van der Waals surface area contributed by atoms with Crippen LogP contribution in [-0.2, 0) is 4.74 Å². The van der Waals surface area contributed by atoms with E-state index in [1.807, 2.05) is 6.92 Å².